The highest BCUT2D eigenvalue weighted by Gasteiger charge is 2.26. The molecule has 1 aliphatic heterocycles. The molecule has 6 heteroatoms. The van der Waals surface area contributed by atoms with E-state index in [1.807, 2.05) is 25.1 Å². The Labute approximate surface area is 210 Å². The fraction of sp³-hybridized carbons (Fsp3) is 0.333. The van der Waals surface area contributed by atoms with E-state index in [2.05, 4.69) is 28.5 Å². The minimum atomic E-state index is -0.270. The molecule has 2 heterocycles. The van der Waals surface area contributed by atoms with Gasteiger partial charge in [-0.05, 0) is 98.1 Å². The first-order chi connectivity index (χ1) is 17.4. The Balaban J connectivity index is 1.35. The van der Waals surface area contributed by atoms with Crippen LogP contribution in [0.2, 0.25) is 0 Å². The van der Waals surface area contributed by atoms with Gasteiger partial charge in [0.2, 0.25) is 0 Å². The van der Waals surface area contributed by atoms with E-state index < -0.39 is 0 Å². The SMILES string of the molecule is Cc1c(-c2ccc(F)cc2)n(Cc2ccc(OC[C@H](C)N3CC[C@@H](CF)C3)cc2)c2ccc(O)cc12. The molecule has 188 valence electrons. The second kappa shape index (κ2) is 10.3. The van der Waals surface area contributed by atoms with Crippen molar-refractivity contribution in [3.63, 3.8) is 0 Å². The number of hydrogen-bond acceptors (Lipinski definition) is 3. The fourth-order valence-corrected chi connectivity index (χ4v) is 5.24. The van der Waals surface area contributed by atoms with Crippen LogP contribution in [-0.4, -0.2) is 47.0 Å². The van der Waals surface area contributed by atoms with Crippen molar-refractivity contribution in [1.82, 2.24) is 9.47 Å². The van der Waals surface area contributed by atoms with Crippen molar-refractivity contribution in [3.05, 3.63) is 83.7 Å². The lowest BCUT2D eigenvalue weighted by Gasteiger charge is -2.24. The van der Waals surface area contributed by atoms with E-state index in [9.17, 15) is 13.9 Å². The molecule has 0 saturated carbocycles. The number of ether oxygens (including phenoxy) is 1. The molecule has 0 unspecified atom stereocenters. The molecular formula is C30H32F2N2O2. The lowest BCUT2D eigenvalue weighted by molar-refractivity contribution is 0.165. The molecule has 4 aromatic rings. The van der Waals surface area contributed by atoms with Gasteiger partial charge >= 0.3 is 0 Å². The standard InChI is InChI=1S/C30H32F2N2O2/c1-20(33-14-13-23(16-31)17-33)19-36-27-10-3-22(4-11-27)18-34-29-12-9-26(35)15-28(29)21(2)30(34)24-5-7-25(32)8-6-24/h3-12,15,20,23,35H,13-14,16-19H2,1-2H3/t20-,23-/m0/s1. The molecule has 4 nitrogen and oxygen atoms in total. The molecule has 0 aliphatic carbocycles. The molecular weight excluding hydrogens is 458 g/mol. The normalized spacial score (nSPS) is 17.1. The summed E-state index contributed by atoms with van der Waals surface area (Å²) < 4.78 is 34.8. The molecule has 2 atom stereocenters. The zero-order chi connectivity index (χ0) is 25.2. The van der Waals surface area contributed by atoms with Crippen LogP contribution in [0.25, 0.3) is 22.2 Å². The number of halogens is 2. The van der Waals surface area contributed by atoms with Crippen LogP contribution in [0.4, 0.5) is 8.78 Å². The number of hydrogen-bond donors (Lipinski definition) is 1. The largest absolute Gasteiger partial charge is 0.508 e. The number of alkyl halides is 1. The highest BCUT2D eigenvalue weighted by atomic mass is 19.1. The van der Waals surface area contributed by atoms with Gasteiger partial charge in [-0.3, -0.25) is 9.29 Å². The van der Waals surface area contributed by atoms with Gasteiger partial charge in [-0.1, -0.05) is 12.1 Å². The summed E-state index contributed by atoms with van der Waals surface area (Å²) in [5, 5.41) is 11.0. The maximum Gasteiger partial charge on any atom is 0.123 e. The van der Waals surface area contributed by atoms with E-state index in [4.69, 9.17) is 4.74 Å². The van der Waals surface area contributed by atoms with E-state index in [0.717, 1.165) is 58.5 Å². The number of likely N-dealkylation sites (tertiary alicyclic amines) is 1. The van der Waals surface area contributed by atoms with Crippen molar-refractivity contribution in [1.29, 1.82) is 0 Å². The Morgan fingerprint density at radius 3 is 2.50 bits per heavy atom. The van der Waals surface area contributed by atoms with Gasteiger partial charge in [0, 0.05) is 36.0 Å². The summed E-state index contributed by atoms with van der Waals surface area (Å²) in [7, 11) is 0. The highest BCUT2D eigenvalue weighted by Crippen LogP contribution is 2.36. The quantitative estimate of drug-likeness (QED) is 0.304. The van der Waals surface area contributed by atoms with E-state index >= 15 is 0 Å². The zero-order valence-electron chi connectivity index (χ0n) is 20.8. The van der Waals surface area contributed by atoms with Gasteiger partial charge in [0.1, 0.15) is 23.9 Å². The summed E-state index contributed by atoms with van der Waals surface area (Å²) in [4.78, 5) is 2.30. The number of aryl methyl sites for hydroxylation is 1. The van der Waals surface area contributed by atoms with Gasteiger partial charge in [-0.15, -0.1) is 0 Å². The van der Waals surface area contributed by atoms with Crippen LogP contribution in [0.15, 0.2) is 66.7 Å². The third-order valence-corrected chi connectivity index (χ3v) is 7.33. The molecule has 0 spiro atoms. The third kappa shape index (κ3) is 4.96. The average Bonchev–Trinajstić information content (AvgIpc) is 3.47. The van der Waals surface area contributed by atoms with Crippen LogP contribution in [0.3, 0.4) is 0 Å². The Hall–Kier alpha value is -3.38. The molecule has 1 fully saturated rings. The van der Waals surface area contributed by atoms with Crippen molar-refractivity contribution in [3.8, 4) is 22.8 Å². The van der Waals surface area contributed by atoms with Crippen LogP contribution >= 0.6 is 0 Å². The van der Waals surface area contributed by atoms with Gasteiger partial charge in [0.15, 0.2) is 0 Å². The summed E-state index contributed by atoms with van der Waals surface area (Å²) in [6, 6.07) is 20.3. The monoisotopic (exact) mass is 490 g/mol. The van der Waals surface area contributed by atoms with Crippen molar-refractivity contribution in [2.75, 3.05) is 26.4 Å². The summed E-state index contributed by atoms with van der Waals surface area (Å²) in [6.45, 7) is 6.84. The average molecular weight is 491 g/mol. The minimum absolute atomic E-state index is 0.156. The van der Waals surface area contributed by atoms with E-state index in [1.165, 1.54) is 12.1 Å². The first-order valence-electron chi connectivity index (χ1n) is 12.5. The number of aromatic nitrogens is 1. The molecule has 5 rings (SSSR count). The summed E-state index contributed by atoms with van der Waals surface area (Å²) in [6.07, 6.45) is 0.919. The minimum Gasteiger partial charge on any atom is -0.508 e. The molecule has 1 N–H and O–H groups in total. The number of rotatable bonds is 8. The number of aromatic hydroxyl groups is 1. The van der Waals surface area contributed by atoms with E-state index in [1.54, 1.807) is 24.3 Å². The summed E-state index contributed by atoms with van der Waals surface area (Å²) in [5.74, 6) is 0.917. The molecule has 0 bridgehead atoms. The Kier molecular flexibility index (Phi) is 6.97. The zero-order valence-corrected chi connectivity index (χ0v) is 20.8. The first-order valence-corrected chi connectivity index (χ1v) is 12.5. The number of phenols is 1. The number of nitrogens with zero attached hydrogens (tertiary/aromatic N) is 2. The second-order valence-corrected chi connectivity index (χ2v) is 9.88. The van der Waals surface area contributed by atoms with Crippen molar-refractivity contribution in [2.24, 2.45) is 5.92 Å². The molecule has 1 saturated heterocycles. The summed E-state index contributed by atoms with van der Waals surface area (Å²) >= 11 is 0. The molecule has 1 aromatic heterocycles. The van der Waals surface area contributed by atoms with Gasteiger partial charge in [-0.25, -0.2) is 4.39 Å². The fourth-order valence-electron chi connectivity index (χ4n) is 5.24. The predicted octanol–water partition coefficient (Wildman–Crippen LogP) is 6.57. The Morgan fingerprint density at radius 1 is 1.06 bits per heavy atom. The van der Waals surface area contributed by atoms with Gasteiger partial charge < -0.3 is 14.4 Å². The molecule has 36 heavy (non-hydrogen) atoms. The van der Waals surface area contributed by atoms with Crippen LogP contribution in [0.5, 0.6) is 11.5 Å². The first kappa shape index (κ1) is 24.3. The van der Waals surface area contributed by atoms with Crippen LogP contribution in [0, 0.1) is 18.7 Å². The summed E-state index contributed by atoms with van der Waals surface area (Å²) in [5.41, 5.74) is 5.08. The Bertz CT molecular complexity index is 1330. The third-order valence-electron chi connectivity index (χ3n) is 7.33. The van der Waals surface area contributed by atoms with Gasteiger partial charge in [0.05, 0.1) is 12.4 Å². The maximum atomic E-state index is 13.6. The van der Waals surface area contributed by atoms with E-state index in [0.29, 0.717) is 13.2 Å². The molecule has 0 amide bonds. The number of fused-ring (bicyclic) bond motifs is 1. The van der Waals surface area contributed by atoms with Gasteiger partial charge in [-0.2, -0.15) is 0 Å². The highest BCUT2D eigenvalue weighted by molar-refractivity contribution is 5.92. The van der Waals surface area contributed by atoms with Crippen LogP contribution < -0.4 is 4.74 Å². The molecule has 1 aliphatic rings. The number of phenolic OH excluding ortho intramolecular Hbond substituents is 1. The van der Waals surface area contributed by atoms with E-state index in [-0.39, 0.29) is 30.2 Å². The smallest absolute Gasteiger partial charge is 0.123 e. The number of benzene rings is 3. The second-order valence-electron chi connectivity index (χ2n) is 9.88. The maximum absolute atomic E-state index is 13.6. The van der Waals surface area contributed by atoms with Crippen molar-refractivity contribution < 1.29 is 18.6 Å². The van der Waals surface area contributed by atoms with Gasteiger partial charge in [0.25, 0.3) is 0 Å². The van der Waals surface area contributed by atoms with Crippen LogP contribution in [-0.2, 0) is 6.54 Å². The Morgan fingerprint density at radius 2 is 1.81 bits per heavy atom. The van der Waals surface area contributed by atoms with Crippen LogP contribution in [0.1, 0.15) is 24.5 Å². The topological polar surface area (TPSA) is 37.6 Å². The molecule has 3 aromatic carbocycles. The van der Waals surface area contributed by atoms with Crippen molar-refractivity contribution in [2.45, 2.75) is 32.9 Å². The predicted molar refractivity (Wildman–Crippen MR) is 140 cm³/mol. The van der Waals surface area contributed by atoms with Crippen molar-refractivity contribution >= 4 is 10.9 Å². The lowest BCUT2D eigenvalue weighted by Crippen LogP contribution is -2.35. The lowest BCUT2D eigenvalue weighted by atomic mass is 10.1. The molecule has 0 radical (unpaired) electrons.